The summed E-state index contributed by atoms with van der Waals surface area (Å²) in [6.45, 7) is 0. The molecule has 0 aliphatic rings. The number of nitrogens with one attached hydrogen (secondary N) is 1. The Morgan fingerprint density at radius 3 is 2.65 bits per heavy atom. The van der Waals surface area contributed by atoms with E-state index >= 15 is 0 Å². The standard InChI is InChI=1S/C14H11ClFNO2S/c15-12-6-1-2-7-13(12)17-14(18)9-20(19)11-5-3-4-10(16)8-11/h1-8H,9H2,(H,17,18). The van der Waals surface area contributed by atoms with E-state index in [0.29, 0.717) is 10.7 Å². The van der Waals surface area contributed by atoms with Crippen molar-refractivity contribution in [3.05, 3.63) is 59.4 Å². The molecule has 3 nitrogen and oxygen atoms in total. The normalized spacial score (nSPS) is 11.9. The molecule has 1 amide bonds. The van der Waals surface area contributed by atoms with E-state index in [0.717, 1.165) is 6.07 Å². The van der Waals surface area contributed by atoms with Crippen LogP contribution in [0.25, 0.3) is 0 Å². The Morgan fingerprint density at radius 2 is 1.95 bits per heavy atom. The van der Waals surface area contributed by atoms with Gasteiger partial charge in [0.2, 0.25) is 5.91 Å². The molecule has 0 aliphatic carbocycles. The SMILES string of the molecule is O=C(CS(=O)c1cccc(F)c1)Nc1ccccc1Cl. The van der Waals surface area contributed by atoms with Gasteiger partial charge in [-0.2, -0.15) is 0 Å². The van der Waals surface area contributed by atoms with Gasteiger partial charge in [-0.15, -0.1) is 0 Å². The van der Waals surface area contributed by atoms with Gasteiger partial charge in [-0.1, -0.05) is 29.8 Å². The van der Waals surface area contributed by atoms with E-state index in [9.17, 15) is 13.4 Å². The third kappa shape index (κ3) is 3.88. The highest BCUT2D eigenvalue weighted by molar-refractivity contribution is 7.85. The third-order valence-corrected chi connectivity index (χ3v) is 4.10. The van der Waals surface area contributed by atoms with Crippen molar-refractivity contribution in [1.82, 2.24) is 0 Å². The summed E-state index contributed by atoms with van der Waals surface area (Å²) in [5.74, 6) is -1.18. The summed E-state index contributed by atoms with van der Waals surface area (Å²) in [6, 6.07) is 12.1. The van der Waals surface area contributed by atoms with Crippen molar-refractivity contribution in [2.75, 3.05) is 11.1 Å². The second-order valence-corrected chi connectivity index (χ2v) is 5.83. The number of para-hydroxylation sites is 1. The summed E-state index contributed by atoms with van der Waals surface area (Å²) < 4.78 is 24.9. The van der Waals surface area contributed by atoms with E-state index in [1.165, 1.54) is 18.2 Å². The van der Waals surface area contributed by atoms with Crippen LogP contribution >= 0.6 is 11.6 Å². The smallest absolute Gasteiger partial charge is 0.237 e. The molecule has 104 valence electrons. The Labute approximate surface area is 123 Å². The molecule has 0 spiro atoms. The summed E-state index contributed by atoms with van der Waals surface area (Å²) in [7, 11) is -1.60. The first-order chi connectivity index (χ1) is 9.56. The lowest BCUT2D eigenvalue weighted by Crippen LogP contribution is -2.19. The summed E-state index contributed by atoms with van der Waals surface area (Å²) in [6.07, 6.45) is 0. The average molecular weight is 312 g/mol. The lowest BCUT2D eigenvalue weighted by atomic mass is 10.3. The number of carbonyl (C=O) groups is 1. The summed E-state index contributed by atoms with van der Waals surface area (Å²) in [5, 5.41) is 2.97. The van der Waals surface area contributed by atoms with Gasteiger partial charge in [-0.05, 0) is 30.3 Å². The number of rotatable bonds is 4. The van der Waals surface area contributed by atoms with E-state index in [2.05, 4.69) is 5.32 Å². The quantitative estimate of drug-likeness (QED) is 0.942. The number of amides is 1. The van der Waals surface area contributed by atoms with Crippen LogP contribution in [0.15, 0.2) is 53.4 Å². The molecule has 1 atom stereocenters. The van der Waals surface area contributed by atoms with Crippen LogP contribution in [-0.2, 0) is 15.6 Å². The number of anilines is 1. The van der Waals surface area contributed by atoms with Crippen molar-refractivity contribution in [2.24, 2.45) is 0 Å². The minimum absolute atomic E-state index is 0.255. The maximum absolute atomic E-state index is 13.0. The van der Waals surface area contributed by atoms with Crippen LogP contribution in [-0.4, -0.2) is 15.9 Å². The Morgan fingerprint density at radius 1 is 1.20 bits per heavy atom. The molecule has 0 radical (unpaired) electrons. The Balaban J connectivity index is 2.02. The molecule has 2 aromatic rings. The highest BCUT2D eigenvalue weighted by atomic mass is 35.5. The first-order valence-electron chi connectivity index (χ1n) is 5.74. The topological polar surface area (TPSA) is 46.2 Å². The van der Waals surface area contributed by atoms with E-state index in [1.54, 1.807) is 24.3 Å². The zero-order valence-electron chi connectivity index (χ0n) is 10.3. The van der Waals surface area contributed by atoms with Crippen LogP contribution in [0.3, 0.4) is 0 Å². The van der Waals surface area contributed by atoms with Crippen LogP contribution in [0.4, 0.5) is 10.1 Å². The Kier molecular flexibility index (Phi) is 4.87. The van der Waals surface area contributed by atoms with Crippen LogP contribution < -0.4 is 5.32 Å². The predicted molar refractivity (Wildman–Crippen MR) is 77.8 cm³/mol. The second kappa shape index (κ2) is 6.63. The first kappa shape index (κ1) is 14.7. The number of hydrogen-bond acceptors (Lipinski definition) is 2. The highest BCUT2D eigenvalue weighted by Gasteiger charge is 2.12. The van der Waals surface area contributed by atoms with Gasteiger partial charge in [0.25, 0.3) is 0 Å². The zero-order chi connectivity index (χ0) is 14.5. The largest absolute Gasteiger partial charge is 0.324 e. The molecule has 0 heterocycles. The fourth-order valence-corrected chi connectivity index (χ4v) is 2.69. The maximum atomic E-state index is 13.0. The number of carbonyl (C=O) groups excluding carboxylic acids is 1. The van der Waals surface area contributed by atoms with Gasteiger partial charge in [0.15, 0.2) is 0 Å². The molecular formula is C14H11ClFNO2S. The number of hydrogen-bond donors (Lipinski definition) is 1. The summed E-state index contributed by atoms with van der Waals surface area (Å²) in [5.41, 5.74) is 0.454. The molecule has 0 saturated heterocycles. The number of halogens is 2. The molecule has 0 bridgehead atoms. The predicted octanol–water partition coefficient (Wildman–Crippen LogP) is 3.23. The first-order valence-corrected chi connectivity index (χ1v) is 7.44. The molecule has 1 N–H and O–H groups in total. The van der Waals surface area contributed by atoms with E-state index in [-0.39, 0.29) is 10.6 Å². The van der Waals surface area contributed by atoms with Gasteiger partial charge in [-0.25, -0.2) is 4.39 Å². The van der Waals surface area contributed by atoms with Gasteiger partial charge in [0.05, 0.1) is 21.5 Å². The summed E-state index contributed by atoms with van der Waals surface area (Å²) >= 11 is 5.90. The number of benzene rings is 2. The van der Waals surface area contributed by atoms with Crippen molar-refractivity contribution in [1.29, 1.82) is 0 Å². The zero-order valence-corrected chi connectivity index (χ0v) is 11.9. The van der Waals surface area contributed by atoms with E-state index < -0.39 is 22.5 Å². The van der Waals surface area contributed by atoms with Crippen LogP contribution in [0.1, 0.15) is 0 Å². The minimum Gasteiger partial charge on any atom is -0.324 e. The molecule has 6 heteroatoms. The Bertz CT molecular complexity index is 663. The maximum Gasteiger partial charge on any atom is 0.237 e. The fourth-order valence-electron chi connectivity index (χ4n) is 1.56. The van der Waals surface area contributed by atoms with Crippen LogP contribution in [0.2, 0.25) is 5.02 Å². The Hall–Kier alpha value is -1.72. The molecule has 2 rings (SSSR count). The molecule has 2 aromatic carbocycles. The van der Waals surface area contributed by atoms with Gasteiger partial charge in [0.1, 0.15) is 11.6 Å². The molecule has 0 aromatic heterocycles. The molecule has 20 heavy (non-hydrogen) atoms. The van der Waals surface area contributed by atoms with Gasteiger partial charge in [0, 0.05) is 4.90 Å². The lowest BCUT2D eigenvalue weighted by molar-refractivity contribution is -0.113. The monoisotopic (exact) mass is 311 g/mol. The summed E-state index contributed by atoms with van der Waals surface area (Å²) in [4.78, 5) is 12.1. The fraction of sp³-hybridized carbons (Fsp3) is 0.0714. The van der Waals surface area contributed by atoms with Crippen molar-refractivity contribution >= 4 is 34.0 Å². The van der Waals surface area contributed by atoms with E-state index in [4.69, 9.17) is 11.6 Å². The van der Waals surface area contributed by atoms with Crippen molar-refractivity contribution < 1.29 is 13.4 Å². The van der Waals surface area contributed by atoms with Gasteiger partial charge >= 0.3 is 0 Å². The van der Waals surface area contributed by atoms with Crippen LogP contribution in [0.5, 0.6) is 0 Å². The van der Waals surface area contributed by atoms with Crippen molar-refractivity contribution in [2.45, 2.75) is 4.90 Å². The molecule has 0 saturated carbocycles. The highest BCUT2D eigenvalue weighted by Crippen LogP contribution is 2.20. The van der Waals surface area contributed by atoms with Gasteiger partial charge in [-0.3, -0.25) is 9.00 Å². The molecular weight excluding hydrogens is 301 g/mol. The van der Waals surface area contributed by atoms with Gasteiger partial charge < -0.3 is 5.32 Å². The minimum atomic E-state index is -1.60. The molecule has 0 fully saturated rings. The molecule has 0 aliphatic heterocycles. The van der Waals surface area contributed by atoms with Crippen molar-refractivity contribution in [3.8, 4) is 0 Å². The van der Waals surface area contributed by atoms with Crippen molar-refractivity contribution in [3.63, 3.8) is 0 Å². The molecule has 1 unspecified atom stereocenters. The second-order valence-electron chi connectivity index (χ2n) is 3.98. The third-order valence-electron chi connectivity index (χ3n) is 2.47. The lowest BCUT2D eigenvalue weighted by Gasteiger charge is -2.07. The van der Waals surface area contributed by atoms with E-state index in [1.807, 2.05) is 0 Å². The average Bonchev–Trinajstić information content (AvgIpc) is 2.41. The van der Waals surface area contributed by atoms with Crippen LogP contribution in [0, 0.1) is 5.82 Å².